The second-order valence-electron chi connectivity index (χ2n) is 7.09. The quantitative estimate of drug-likeness (QED) is 0.559. The SMILES string of the molecule is Cc1cccc(C(=O)N[C@H](Cc2nc3ccccc3n2C)c2ccccc2)c1. The molecular weight excluding hydrogens is 346 g/mol. The van der Waals surface area contributed by atoms with Crippen LogP contribution in [0.15, 0.2) is 78.9 Å². The van der Waals surface area contributed by atoms with E-state index < -0.39 is 0 Å². The molecule has 4 nitrogen and oxygen atoms in total. The van der Waals surface area contributed by atoms with Gasteiger partial charge in [0.1, 0.15) is 5.82 Å². The molecule has 0 aliphatic heterocycles. The fourth-order valence-electron chi connectivity index (χ4n) is 3.53. The zero-order chi connectivity index (χ0) is 19.5. The van der Waals surface area contributed by atoms with Crippen LogP contribution < -0.4 is 5.32 Å². The molecule has 0 spiro atoms. The van der Waals surface area contributed by atoms with Crippen molar-refractivity contribution in [2.45, 2.75) is 19.4 Å². The fraction of sp³-hybridized carbons (Fsp3) is 0.167. The Morgan fingerprint density at radius 2 is 1.75 bits per heavy atom. The van der Waals surface area contributed by atoms with E-state index in [9.17, 15) is 4.79 Å². The number of fused-ring (bicyclic) bond motifs is 1. The highest BCUT2D eigenvalue weighted by atomic mass is 16.1. The lowest BCUT2D eigenvalue weighted by Crippen LogP contribution is -2.30. The molecule has 0 fully saturated rings. The zero-order valence-corrected chi connectivity index (χ0v) is 16.1. The first kappa shape index (κ1) is 18.0. The van der Waals surface area contributed by atoms with E-state index >= 15 is 0 Å². The van der Waals surface area contributed by atoms with E-state index in [0.29, 0.717) is 12.0 Å². The van der Waals surface area contributed by atoms with Gasteiger partial charge in [-0.1, -0.05) is 60.2 Å². The van der Waals surface area contributed by atoms with Crippen molar-refractivity contribution in [3.8, 4) is 0 Å². The molecule has 0 aliphatic rings. The molecule has 4 rings (SSSR count). The number of carbonyl (C=O) groups is 1. The van der Waals surface area contributed by atoms with Gasteiger partial charge in [0.05, 0.1) is 17.1 Å². The number of carbonyl (C=O) groups excluding carboxylic acids is 1. The molecular formula is C24H23N3O. The van der Waals surface area contributed by atoms with Crippen LogP contribution in [-0.4, -0.2) is 15.5 Å². The van der Waals surface area contributed by atoms with Crippen LogP contribution in [0.4, 0.5) is 0 Å². The van der Waals surface area contributed by atoms with Crippen LogP contribution in [-0.2, 0) is 13.5 Å². The summed E-state index contributed by atoms with van der Waals surface area (Å²) >= 11 is 0. The molecule has 1 atom stereocenters. The lowest BCUT2D eigenvalue weighted by atomic mass is 10.0. The summed E-state index contributed by atoms with van der Waals surface area (Å²) in [5, 5.41) is 3.20. The summed E-state index contributed by atoms with van der Waals surface area (Å²) in [6.07, 6.45) is 0.618. The van der Waals surface area contributed by atoms with Crippen molar-refractivity contribution in [1.82, 2.24) is 14.9 Å². The molecule has 1 N–H and O–H groups in total. The van der Waals surface area contributed by atoms with Gasteiger partial charge in [-0.05, 0) is 36.8 Å². The number of para-hydroxylation sites is 2. The van der Waals surface area contributed by atoms with E-state index in [1.807, 2.05) is 86.8 Å². The Morgan fingerprint density at radius 3 is 2.50 bits per heavy atom. The summed E-state index contributed by atoms with van der Waals surface area (Å²) in [6.45, 7) is 1.99. The molecule has 0 aliphatic carbocycles. The fourth-order valence-corrected chi connectivity index (χ4v) is 3.53. The minimum atomic E-state index is -0.162. The summed E-state index contributed by atoms with van der Waals surface area (Å²) in [7, 11) is 2.02. The Morgan fingerprint density at radius 1 is 1.00 bits per heavy atom. The third-order valence-corrected chi connectivity index (χ3v) is 5.05. The van der Waals surface area contributed by atoms with Crippen molar-refractivity contribution in [2.24, 2.45) is 7.05 Å². The van der Waals surface area contributed by atoms with Gasteiger partial charge in [-0.2, -0.15) is 0 Å². The van der Waals surface area contributed by atoms with Gasteiger partial charge in [-0.3, -0.25) is 4.79 Å². The van der Waals surface area contributed by atoms with Crippen molar-refractivity contribution in [3.63, 3.8) is 0 Å². The predicted molar refractivity (Wildman–Crippen MR) is 112 cm³/mol. The van der Waals surface area contributed by atoms with Crippen molar-refractivity contribution < 1.29 is 4.79 Å². The molecule has 0 saturated heterocycles. The standard InChI is InChI=1S/C24H23N3O/c1-17-9-8-12-19(15-17)24(28)26-21(18-10-4-3-5-11-18)16-23-25-20-13-6-7-14-22(20)27(23)2/h3-15,21H,16H2,1-2H3,(H,26,28)/t21-/m1/s1. The van der Waals surface area contributed by atoms with Gasteiger partial charge in [0.2, 0.25) is 0 Å². The molecule has 0 unspecified atom stereocenters. The van der Waals surface area contributed by atoms with Crippen molar-refractivity contribution >= 4 is 16.9 Å². The van der Waals surface area contributed by atoms with Crippen molar-refractivity contribution in [1.29, 1.82) is 0 Å². The molecule has 0 radical (unpaired) electrons. The summed E-state index contributed by atoms with van der Waals surface area (Å²) in [4.78, 5) is 17.7. The van der Waals surface area contributed by atoms with Crippen LogP contribution in [0, 0.1) is 6.92 Å². The summed E-state index contributed by atoms with van der Waals surface area (Å²) in [6, 6.07) is 25.7. The molecule has 1 aromatic heterocycles. The van der Waals surface area contributed by atoms with Crippen LogP contribution >= 0.6 is 0 Å². The molecule has 0 bridgehead atoms. The van der Waals surface area contributed by atoms with Crippen LogP contribution in [0.5, 0.6) is 0 Å². The zero-order valence-electron chi connectivity index (χ0n) is 16.1. The van der Waals surface area contributed by atoms with E-state index in [1.54, 1.807) is 0 Å². The lowest BCUT2D eigenvalue weighted by Gasteiger charge is -2.19. The molecule has 4 aromatic rings. The number of amides is 1. The van der Waals surface area contributed by atoms with Gasteiger partial charge in [-0.25, -0.2) is 4.98 Å². The van der Waals surface area contributed by atoms with Gasteiger partial charge in [0, 0.05) is 19.0 Å². The van der Waals surface area contributed by atoms with Gasteiger partial charge in [0.15, 0.2) is 0 Å². The Kier molecular flexibility index (Phi) is 4.94. The van der Waals surface area contributed by atoms with Crippen LogP contribution in [0.1, 0.15) is 33.4 Å². The maximum Gasteiger partial charge on any atom is 0.251 e. The Hall–Kier alpha value is -3.40. The van der Waals surface area contributed by atoms with Gasteiger partial charge >= 0.3 is 0 Å². The number of aryl methyl sites for hydroxylation is 2. The minimum absolute atomic E-state index is 0.0729. The molecule has 0 saturated carbocycles. The highest BCUT2D eigenvalue weighted by Gasteiger charge is 2.19. The second kappa shape index (κ2) is 7.69. The normalized spacial score (nSPS) is 12.1. The lowest BCUT2D eigenvalue weighted by molar-refractivity contribution is 0.0936. The van der Waals surface area contributed by atoms with E-state index in [1.165, 1.54) is 0 Å². The van der Waals surface area contributed by atoms with Crippen molar-refractivity contribution in [3.05, 3.63) is 101 Å². The molecule has 140 valence electrons. The van der Waals surface area contributed by atoms with E-state index in [-0.39, 0.29) is 11.9 Å². The van der Waals surface area contributed by atoms with Crippen LogP contribution in [0.3, 0.4) is 0 Å². The summed E-state index contributed by atoms with van der Waals surface area (Å²) in [5.74, 6) is 0.871. The van der Waals surface area contributed by atoms with Gasteiger partial charge < -0.3 is 9.88 Å². The van der Waals surface area contributed by atoms with E-state index in [4.69, 9.17) is 4.98 Å². The smallest absolute Gasteiger partial charge is 0.251 e. The van der Waals surface area contributed by atoms with E-state index in [2.05, 4.69) is 16.0 Å². The predicted octanol–water partition coefficient (Wildman–Crippen LogP) is 4.60. The molecule has 3 aromatic carbocycles. The van der Waals surface area contributed by atoms with Gasteiger partial charge in [-0.15, -0.1) is 0 Å². The first-order valence-electron chi connectivity index (χ1n) is 9.44. The Balaban J connectivity index is 1.66. The maximum absolute atomic E-state index is 12.9. The number of aromatic nitrogens is 2. The Labute approximate surface area is 164 Å². The average molecular weight is 369 g/mol. The highest BCUT2D eigenvalue weighted by molar-refractivity contribution is 5.94. The van der Waals surface area contributed by atoms with Gasteiger partial charge in [0.25, 0.3) is 5.91 Å². The average Bonchev–Trinajstić information content (AvgIpc) is 3.04. The molecule has 28 heavy (non-hydrogen) atoms. The first-order chi connectivity index (χ1) is 13.6. The first-order valence-corrected chi connectivity index (χ1v) is 9.44. The number of hydrogen-bond donors (Lipinski definition) is 1. The third-order valence-electron chi connectivity index (χ3n) is 5.05. The molecule has 4 heteroatoms. The number of nitrogens with zero attached hydrogens (tertiary/aromatic N) is 2. The van der Waals surface area contributed by atoms with Crippen molar-refractivity contribution in [2.75, 3.05) is 0 Å². The van der Waals surface area contributed by atoms with E-state index in [0.717, 1.165) is 28.0 Å². The molecule has 1 heterocycles. The van der Waals surface area contributed by atoms with Crippen LogP contribution in [0.25, 0.3) is 11.0 Å². The monoisotopic (exact) mass is 369 g/mol. The largest absolute Gasteiger partial charge is 0.345 e. The second-order valence-corrected chi connectivity index (χ2v) is 7.09. The highest BCUT2D eigenvalue weighted by Crippen LogP contribution is 2.22. The number of nitrogens with one attached hydrogen (secondary N) is 1. The number of imidazole rings is 1. The third kappa shape index (κ3) is 3.67. The van der Waals surface area contributed by atoms with Crippen LogP contribution in [0.2, 0.25) is 0 Å². The topological polar surface area (TPSA) is 46.9 Å². The summed E-state index contributed by atoms with van der Waals surface area (Å²) in [5.41, 5.74) is 4.87. The maximum atomic E-state index is 12.9. The minimum Gasteiger partial charge on any atom is -0.345 e. The number of benzene rings is 3. The number of rotatable bonds is 5. The summed E-state index contributed by atoms with van der Waals surface area (Å²) < 4.78 is 2.10. The Bertz CT molecular complexity index is 1120. The number of hydrogen-bond acceptors (Lipinski definition) is 2. The molecule has 1 amide bonds.